The maximum absolute atomic E-state index is 6.22. The highest BCUT2D eigenvalue weighted by Crippen LogP contribution is 2.32. The Balaban J connectivity index is 2.00. The van der Waals surface area contributed by atoms with Crippen molar-refractivity contribution in [2.45, 2.75) is 58.2 Å². The Hall–Kier alpha value is -0.160. The van der Waals surface area contributed by atoms with Crippen molar-refractivity contribution in [1.82, 2.24) is 14.7 Å². The van der Waals surface area contributed by atoms with Crippen LogP contribution in [0.4, 0.5) is 0 Å². The molecule has 2 N–H and O–H groups in total. The summed E-state index contributed by atoms with van der Waals surface area (Å²) in [5.74, 6) is 0. The van der Waals surface area contributed by atoms with Gasteiger partial charge in [-0.1, -0.05) is 13.8 Å². The van der Waals surface area contributed by atoms with Crippen LogP contribution in [0.25, 0.3) is 0 Å². The molecule has 118 valence electrons. The van der Waals surface area contributed by atoms with E-state index in [1.807, 2.05) is 0 Å². The zero-order valence-corrected chi connectivity index (χ0v) is 13.9. The van der Waals surface area contributed by atoms with Gasteiger partial charge >= 0.3 is 0 Å². The maximum atomic E-state index is 6.22. The molecule has 2 aliphatic rings. The summed E-state index contributed by atoms with van der Waals surface area (Å²) in [7, 11) is 0. The topological polar surface area (TPSA) is 35.7 Å². The van der Waals surface area contributed by atoms with Crippen molar-refractivity contribution in [3.63, 3.8) is 0 Å². The number of likely N-dealkylation sites (N-methyl/N-ethyl adjacent to an activating group) is 1. The summed E-state index contributed by atoms with van der Waals surface area (Å²) in [4.78, 5) is 7.91. The van der Waals surface area contributed by atoms with Crippen LogP contribution in [0, 0.1) is 0 Å². The standard InChI is InChI=1S/C16H34N4/c1-5-18(6-2)15-7-9-20(11-15)16(12-17)8-10-19(13-16)14(3)4/h14-15H,5-13,17H2,1-4H3. The van der Waals surface area contributed by atoms with E-state index in [4.69, 9.17) is 5.73 Å². The molecule has 2 rings (SSSR count). The first-order valence-electron chi connectivity index (χ1n) is 8.49. The third-order valence-electron chi connectivity index (χ3n) is 5.63. The highest BCUT2D eigenvalue weighted by atomic mass is 15.3. The quantitative estimate of drug-likeness (QED) is 0.794. The third-order valence-corrected chi connectivity index (χ3v) is 5.63. The fourth-order valence-electron chi connectivity index (χ4n) is 4.09. The fraction of sp³-hybridized carbons (Fsp3) is 1.00. The van der Waals surface area contributed by atoms with Gasteiger partial charge in [0.2, 0.25) is 0 Å². The van der Waals surface area contributed by atoms with Crippen molar-refractivity contribution in [2.24, 2.45) is 5.73 Å². The van der Waals surface area contributed by atoms with E-state index in [-0.39, 0.29) is 5.54 Å². The van der Waals surface area contributed by atoms with Crippen molar-refractivity contribution in [3.05, 3.63) is 0 Å². The summed E-state index contributed by atoms with van der Waals surface area (Å²) in [6.07, 6.45) is 2.55. The van der Waals surface area contributed by atoms with Crippen molar-refractivity contribution >= 4 is 0 Å². The third kappa shape index (κ3) is 3.03. The monoisotopic (exact) mass is 282 g/mol. The number of likely N-dealkylation sites (tertiary alicyclic amines) is 2. The van der Waals surface area contributed by atoms with Crippen LogP contribution in [0.1, 0.15) is 40.5 Å². The molecular formula is C16H34N4. The second kappa shape index (κ2) is 6.73. The number of nitrogens with two attached hydrogens (primary N) is 1. The molecule has 20 heavy (non-hydrogen) atoms. The Bertz CT molecular complexity index is 303. The van der Waals surface area contributed by atoms with Crippen molar-refractivity contribution < 1.29 is 0 Å². The zero-order valence-electron chi connectivity index (χ0n) is 13.9. The van der Waals surface area contributed by atoms with Crippen molar-refractivity contribution in [1.29, 1.82) is 0 Å². The van der Waals surface area contributed by atoms with Gasteiger partial charge in [0, 0.05) is 50.3 Å². The molecule has 0 aromatic heterocycles. The van der Waals surface area contributed by atoms with E-state index >= 15 is 0 Å². The Kier molecular flexibility index (Phi) is 5.46. The molecule has 0 amide bonds. The average molecular weight is 282 g/mol. The van der Waals surface area contributed by atoms with E-state index in [9.17, 15) is 0 Å². The van der Waals surface area contributed by atoms with Crippen molar-refractivity contribution in [2.75, 3.05) is 45.8 Å². The van der Waals surface area contributed by atoms with Gasteiger partial charge in [-0.05, 0) is 39.8 Å². The van der Waals surface area contributed by atoms with E-state index in [1.54, 1.807) is 0 Å². The second-order valence-electron chi connectivity index (χ2n) is 6.85. The van der Waals surface area contributed by atoms with Crippen LogP contribution in [-0.4, -0.2) is 78.1 Å². The number of nitrogens with zero attached hydrogens (tertiary/aromatic N) is 3. The van der Waals surface area contributed by atoms with E-state index in [0.717, 1.165) is 19.1 Å². The van der Waals surface area contributed by atoms with Crippen LogP contribution in [-0.2, 0) is 0 Å². The predicted molar refractivity (Wildman–Crippen MR) is 86.0 cm³/mol. The van der Waals surface area contributed by atoms with Gasteiger partial charge < -0.3 is 5.73 Å². The number of hydrogen-bond donors (Lipinski definition) is 1. The SMILES string of the molecule is CCN(CC)C1CCN(C2(CN)CCN(C(C)C)C2)C1. The van der Waals surface area contributed by atoms with Crippen LogP contribution in [0.3, 0.4) is 0 Å². The van der Waals surface area contributed by atoms with Crippen LogP contribution in [0.2, 0.25) is 0 Å². The van der Waals surface area contributed by atoms with Gasteiger partial charge in [0.15, 0.2) is 0 Å². The minimum Gasteiger partial charge on any atom is -0.329 e. The highest BCUT2D eigenvalue weighted by molar-refractivity contribution is 5.03. The number of hydrogen-bond acceptors (Lipinski definition) is 4. The number of rotatable bonds is 6. The van der Waals surface area contributed by atoms with E-state index in [0.29, 0.717) is 6.04 Å². The molecule has 0 aliphatic carbocycles. The summed E-state index contributed by atoms with van der Waals surface area (Å²) in [5.41, 5.74) is 6.46. The lowest BCUT2D eigenvalue weighted by atomic mass is 9.96. The first kappa shape index (κ1) is 16.2. The predicted octanol–water partition coefficient (Wildman–Crippen LogP) is 1.21. The zero-order chi connectivity index (χ0) is 14.8. The highest BCUT2D eigenvalue weighted by Gasteiger charge is 2.45. The lowest BCUT2D eigenvalue weighted by Gasteiger charge is -2.39. The maximum Gasteiger partial charge on any atom is 0.0471 e. The molecule has 2 saturated heterocycles. The van der Waals surface area contributed by atoms with Gasteiger partial charge in [0.25, 0.3) is 0 Å². The van der Waals surface area contributed by atoms with Gasteiger partial charge in [-0.15, -0.1) is 0 Å². The molecule has 0 radical (unpaired) electrons. The van der Waals surface area contributed by atoms with Crippen LogP contribution in [0.15, 0.2) is 0 Å². The smallest absolute Gasteiger partial charge is 0.0471 e. The molecule has 0 spiro atoms. The van der Waals surface area contributed by atoms with Crippen LogP contribution >= 0.6 is 0 Å². The van der Waals surface area contributed by atoms with Crippen LogP contribution in [0.5, 0.6) is 0 Å². The Morgan fingerprint density at radius 2 is 1.95 bits per heavy atom. The Morgan fingerprint density at radius 3 is 2.45 bits per heavy atom. The molecular weight excluding hydrogens is 248 g/mol. The van der Waals surface area contributed by atoms with E-state index < -0.39 is 0 Å². The van der Waals surface area contributed by atoms with Crippen molar-refractivity contribution in [3.8, 4) is 0 Å². The molecule has 4 heteroatoms. The van der Waals surface area contributed by atoms with Gasteiger partial charge in [-0.3, -0.25) is 14.7 Å². The Labute approximate surface area is 125 Å². The molecule has 0 bridgehead atoms. The molecule has 2 aliphatic heterocycles. The molecule has 0 aromatic rings. The van der Waals surface area contributed by atoms with E-state index in [1.165, 1.54) is 45.6 Å². The van der Waals surface area contributed by atoms with Gasteiger partial charge in [0.1, 0.15) is 0 Å². The summed E-state index contributed by atoms with van der Waals surface area (Å²) in [6, 6.07) is 1.38. The summed E-state index contributed by atoms with van der Waals surface area (Å²) < 4.78 is 0. The van der Waals surface area contributed by atoms with Gasteiger partial charge in [-0.25, -0.2) is 0 Å². The molecule has 4 nitrogen and oxygen atoms in total. The Morgan fingerprint density at radius 1 is 1.25 bits per heavy atom. The minimum atomic E-state index is 0.242. The van der Waals surface area contributed by atoms with Crippen LogP contribution < -0.4 is 5.73 Å². The molecule has 2 atom stereocenters. The molecule has 2 fully saturated rings. The van der Waals surface area contributed by atoms with Gasteiger partial charge in [-0.2, -0.15) is 0 Å². The lowest BCUT2D eigenvalue weighted by Crippen LogP contribution is -2.56. The van der Waals surface area contributed by atoms with E-state index in [2.05, 4.69) is 42.4 Å². The molecule has 0 saturated carbocycles. The summed E-state index contributed by atoms with van der Waals surface area (Å²) in [5, 5.41) is 0. The molecule has 2 unspecified atom stereocenters. The lowest BCUT2D eigenvalue weighted by molar-refractivity contribution is 0.107. The fourth-order valence-corrected chi connectivity index (χ4v) is 4.09. The van der Waals surface area contributed by atoms with Gasteiger partial charge in [0.05, 0.1) is 0 Å². The largest absolute Gasteiger partial charge is 0.329 e. The first-order chi connectivity index (χ1) is 9.56. The summed E-state index contributed by atoms with van der Waals surface area (Å²) in [6.45, 7) is 17.1. The first-order valence-corrected chi connectivity index (χ1v) is 8.49. The normalized spacial score (nSPS) is 32.9. The second-order valence-corrected chi connectivity index (χ2v) is 6.85. The summed E-state index contributed by atoms with van der Waals surface area (Å²) >= 11 is 0. The molecule has 0 aromatic carbocycles. The minimum absolute atomic E-state index is 0.242. The average Bonchev–Trinajstić information content (AvgIpc) is 3.07. The molecule has 2 heterocycles.